The molecular formula is C16H22O2. The van der Waals surface area contributed by atoms with Gasteiger partial charge in [0.1, 0.15) is 0 Å². The van der Waals surface area contributed by atoms with E-state index in [0.717, 1.165) is 25.7 Å². The first-order chi connectivity index (χ1) is 8.73. The maximum Gasteiger partial charge on any atom is 0.0728 e. The fourth-order valence-electron chi connectivity index (χ4n) is 3.41. The molecule has 0 bridgehead atoms. The Labute approximate surface area is 109 Å². The van der Waals surface area contributed by atoms with Gasteiger partial charge in [0.15, 0.2) is 0 Å². The maximum atomic E-state index is 10.9. The molecule has 1 heterocycles. The van der Waals surface area contributed by atoms with E-state index in [-0.39, 0.29) is 6.10 Å². The fraction of sp³-hybridized carbons (Fsp3) is 0.625. The summed E-state index contributed by atoms with van der Waals surface area (Å²) in [6.07, 6.45) is 4.01. The van der Waals surface area contributed by atoms with Crippen molar-refractivity contribution in [1.82, 2.24) is 0 Å². The Morgan fingerprint density at radius 1 is 1.33 bits per heavy atom. The van der Waals surface area contributed by atoms with Crippen molar-refractivity contribution in [1.29, 1.82) is 0 Å². The first kappa shape index (κ1) is 12.2. The SMILES string of the molecule is CCC1CC(O)(C2CC2c2ccccc2)CCO1. The Hall–Kier alpha value is -0.860. The van der Waals surface area contributed by atoms with Crippen molar-refractivity contribution < 1.29 is 9.84 Å². The number of rotatable bonds is 3. The standard InChI is InChI=1S/C16H22O2/c1-2-13-11-16(17,8-9-18-13)15-10-14(15)12-6-4-3-5-7-12/h3-7,13-15,17H,2,8-11H2,1H3. The summed E-state index contributed by atoms with van der Waals surface area (Å²) in [5, 5.41) is 10.9. The second-order valence-electron chi connectivity index (χ2n) is 5.82. The summed E-state index contributed by atoms with van der Waals surface area (Å²) in [7, 11) is 0. The number of aliphatic hydroxyl groups is 1. The van der Waals surface area contributed by atoms with Gasteiger partial charge < -0.3 is 9.84 Å². The van der Waals surface area contributed by atoms with Gasteiger partial charge in [-0.2, -0.15) is 0 Å². The van der Waals surface area contributed by atoms with Gasteiger partial charge in [-0.25, -0.2) is 0 Å². The monoisotopic (exact) mass is 246 g/mol. The Bertz CT molecular complexity index is 403. The lowest BCUT2D eigenvalue weighted by Gasteiger charge is -2.37. The average Bonchev–Trinajstić information content (AvgIpc) is 3.21. The number of benzene rings is 1. The van der Waals surface area contributed by atoms with E-state index < -0.39 is 5.60 Å². The number of hydrogen-bond donors (Lipinski definition) is 1. The van der Waals surface area contributed by atoms with E-state index >= 15 is 0 Å². The van der Waals surface area contributed by atoms with Crippen molar-refractivity contribution in [3.63, 3.8) is 0 Å². The zero-order valence-electron chi connectivity index (χ0n) is 11.0. The highest BCUT2D eigenvalue weighted by molar-refractivity contribution is 5.28. The minimum atomic E-state index is -0.487. The molecule has 4 unspecified atom stereocenters. The lowest BCUT2D eigenvalue weighted by atomic mass is 9.83. The van der Waals surface area contributed by atoms with Crippen LogP contribution in [0, 0.1) is 5.92 Å². The van der Waals surface area contributed by atoms with Crippen LogP contribution in [0.1, 0.15) is 44.1 Å². The molecule has 1 saturated carbocycles. The van der Waals surface area contributed by atoms with Crippen LogP contribution in [0.15, 0.2) is 30.3 Å². The van der Waals surface area contributed by atoms with E-state index in [0.29, 0.717) is 18.4 Å². The van der Waals surface area contributed by atoms with Crippen LogP contribution in [0.3, 0.4) is 0 Å². The molecule has 1 saturated heterocycles. The van der Waals surface area contributed by atoms with Gasteiger partial charge in [-0.15, -0.1) is 0 Å². The zero-order valence-corrected chi connectivity index (χ0v) is 11.0. The molecule has 1 aliphatic carbocycles. The topological polar surface area (TPSA) is 29.5 Å². The summed E-state index contributed by atoms with van der Waals surface area (Å²) in [6, 6.07) is 10.6. The first-order valence-corrected chi connectivity index (χ1v) is 7.12. The van der Waals surface area contributed by atoms with Gasteiger partial charge in [0.2, 0.25) is 0 Å². The molecule has 0 aromatic heterocycles. The lowest BCUT2D eigenvalue weighted by Crippen LogP contribution is -2.42. The smallest absolute Gasteiger partial charge is 0.0728 e. The van der Waals surface area contributed by atoms with E-state index in [1.54, 1.807) is 0 Å². The van der Waals surface area contributed by atoms with Gasteiger partial charge in [-0.05, 0) is 36.7 Å². The van der Waals surface area contributed by atoms with Gasteiger partial charge in [0.25, 0.3) is 0 Å². The summed E-state index contributed by atoms with van der Waals surface area (Å²) in [6.45, 7) is 2.85. The van der Waals surface area contributed by atoms with Crippen molar-refractivity contribution in [3.8, 4) is 0 Å². The van der Waals surface area contributed by atoms with E-state index in [1.165, 1.54) is 5.56 Å². The average molecular weight is 246 g/mol. The van der Waals surface area contributed by atoms with E-state index in [4.69, 9.17) is 4.74 Å². The molecule has 1 N–H and O–H groups in total. The van der Waals surface area contributed by atoms with Crippen molar-refractivity contribution in [2.75, 3.05) is 6.61 Å². The summed E-state index contributed by atoms with van der Waals surface area (Å²) < 4.78 is 5.68. The van der Waals surface area contributed by atoms with Crippen molar-refractivity contribution in [2.24, 2.45) is 5.92 Å². The molecule has 98 valence electrons. The Kier molecular flexibility index (Phi) is 3.16. The quantitative estimate of drug-likeness (QED) is 0.888. The summed E-state index contributed by atoms with van der Waals surface area (Å²) in [4.78, 5) is 0. The Morgan fingerprint density at radius 3 is 2.83 bits per heavy atom. The Balaban J connectivity index is 1.69. The molecule has 2 aliphatic rings. The molecule has 3 rings (SSSR count). The molecule has 2 fully saturated rings. The molecular weight excluding hydrogens is 224 g/mol. The molecule has 2 nitrogen and oxygen atoms in total. The van der Waals surface area contributed by atoms with Gasteiger partial charge in [0, 0.05) is 13.0 Å². The summed E-state index contributed by atoms with van der Waals surface area (Å²) >= 11 is 0. The molecule has 18 heavy (non-hydrogen) atoms. The number of ether oxygens (including phenoxy) is 1. The molecule has 0 spiro atoms. The van der Waals surface area contributed by atoms with Crippen molar-refractivity contribution in [2.45, 2.75) is 50.2 Å². The van der Waals surface area contributed by atoms with Crippen LogP contribution in [-0.4, -0.2) is 23.4 Å². The third kappa shape index (κ3) is 2.19. The summed E-state index contributed by atoms with van der Waals surface area (Å²) in [5.74, 6) is 1.00. The third-order valence-electron chi connectivity index (χ3n) is 4.63. The second kappa shape index (κ2) is 4.67. The lowest BCUT2D eigenvalue weighted by molar-refractivity contribution is -0.115. The maximum absolute atomic E-state index is 10.9. The molecule has 2 heteroatoms. The van der Waals surface area contributed by atoms with E-state index in [1.807, 2.05) is 0 Å². The van der Waals surface area contributed by atoms with Crippen molar-refractivity contribution in [3.05, 3.63) is 35.9 Å². The fourth-order valence-corrected chi connectivity index (χ4v) is 3.41. The van der Waals surface area contributed by atoms with E-state index in [9.17, 15) is 5.11 Å². The minimum Gasteiger partial charge on any atom is -0.389 e. The zero-order chi connectivity index (χ0) is 12.6. The van der Waals surface area contributed by atoms with Gasteiger partial charge >= 0.3 is 0 Å². The Morgan fingerprint density at radius 2 is 2.11 bits per heavy atom. The second-order valence-corrected chi connectivity index (χ2v) is 5.82. The van der Waals surface area contributed by atoms with Crippen LogP contribution in [0.2, 0.25) is 0 Å². The first-order valence-electron chi connectivity index (χ1n) is 7.12. The van der Waals surface area contributed by atoms with Gasteiger partial charge in [-0.3, -0.25) is 0 Å². The molecule has 0 amide bonds. The molecule has 1 aromatic carbocycles. The van der Waals surface area contributed by atoms with Crippen LogP contribution >= 0.6 is 0 Å². The minimum absolute atomic E-state index is 0.251. The van der Waals surface area contributed by atoms with Crippen LogP contribution in [0.25, 0.3) is 0 Å². The van der Waals surface area contributed by atoms with Gasteiger partial charge in [-0.1, -0.05) is 37.3 Å². The van der Waals surface area contributed by atoms with Gasteiger partial charge in [0.05, 0.1) is 11.7 Å². The molecule has 1 aliphatic heterocycles. The van der Waals surface area contributed by atoms with Crippen molar-refractivity contribution >= 4 is 0 Å². The largest absolute Gasteiger partial charge is 0.389 e. The highest BCUT2D eigenvalue weighted by Crippen LogP contribution is 2.56. The highest BCUT2D eigenvalue weighted by atomic mass is 16.5. The third-order valence-corrected chi connectivity index (χ3v) is 4.63. The molecule has 1 aromatic rings. The highest BCUT2D eigenvalue weighted by Gasteiger charge is 2.53. The predicted octanol–water partition coefficient (Wildman–Crippen LogP) is 3.11. The number of hydrogen-bond acceptors (Lipinski definition) is 2. The van der Waals surface area contributed by atoms with Crippen LogP contribution < -0.4 is 0 Å². The molecule has 0 radical (unpaired) electrons. The predicted molar refractivity (Wildman–Crippen MR) is 71.5 cm³/mol. The van der Waals surface area contributed by atoms with Crippen LogP contribution in [-0.2, 0) is 4.74 Å². The van der Waals surface area contributed by atoms with E-state index in [2.05, 4.69) is 37.3 Å². The van der Waals surface area contributed by atoms with Crippen LogP contribution in [0.5, 0.6) is 0 Å². The summed E-state index contributed by atoms with van der Waals surface area (Å²) in [5.41, 5.74) is 0.898. The molecule has 4 atom stereocenters. The normalized spacial score (nSPS) is 39.6. The van der Waals surface area contributed by atoms with Crippen LogP contribution in [0.4, 0.5) is 0 Å².